The summed E-state index contributed by atoms with van der Waals surface area (Å²) in [6.07, 6.45) is 0. The van der Waals surface area contributed by atoms with Gasteiger partial charge in [-0.05, 0) is 46.8 Å². The van der Waals surface area contributed by atoms with Crippen LogP contribution in [0.25, 0.3) is 21.2 Å². The zero-order chi connectivity index (χ0) is 17.1. The summed E-state index contributed by atoms with van der Waals surface area (Å²) in [5.74, 6) is 7.53. The number of methoxy groups -OCH3 is 1. The third kappa shape index (κ3) is 3.28. The maximum absolute atomic E-state index is 5.24. The van der Waals surface area contributed by atoms with Gasteiger partial charge in [0.25, 0.3) is 0 Å². The van der Waals surface area contributed by atoms with Gasteiger partial charge in [-0.15, -0.1) is 11.3 Å². The highest BCUT2D eigenvalue weighted by molar-refractivity contribution is 7.19. The van der Waals surface area contributed by atoms with Gasteiger partial charge < -0.3 is 4.74 Å². The van der Waals surface area contributed by atoms with Gasteiger partial charge in [0.1, 0.15) is 5.75 Å². The van der Waals surface area contributed by atoms with Crippen molar-refractivity contribution in [2.24, 2.45) is 0 Å². The van der Waals surface area contributed by atoms with Crippen molar-refractivity contribution in [3.8, 4) is 28.7 Å². The number of rotatable bonds is 2. The highest BCUT2D eigenvalue weighted by Crippen LogP contribution is 2.27. The molecule has 0 amide bonds. The van der Waals surface area contributed by atoms with Gasteiger partial charge in [0, 0.05) is 10.3 Å². The first-order valence-corrected chi connectivity index (χ1v) is 8.89. The Kier molecular flexibility index (Phi) is 4.24. The fourth-order valence-electron chi connectivity index (χ4n) is 2.79. The SMILES string of the molecule is COc1ccc(-c2ccccc2C#Cc2cc3ccccc3s2)cc1. The third-order valence-electron chi connectivity index (χ3n) is 4.07. The second kappa shape index (κ2) is 6.84. The van der Waals surface area contributed by atoms with E-state index in [0.717, 1.165) is 27.3 Å². The van der Waals surface area contributed by atoms with Gasteiger partial charge in [0.2, 0.25) is 0 Å². The van der Waals surface area contributed by atoms with Crippen molar-refractivity contribution in [3.63, 3.8) is 0 Å². The minimum atomic E-state index is 0.859. The first-order chi connectivity index (χ1) is 12.3. The Balaban J connectivity index is 1.72. The van der Waals surface area contributed by atoms with E-state index in [1.54, 1.807) is 18.4 Å². The van der Waals surface area contributed by atoms with Gasteiger partial charge in [-0.3, -0.25) is 0 Å². The van der Waals surface area contributed by atoms with E-state index in [2.05, 4.69) is 66.4 Å². The molecule has 3 aromatic carbocycles. The normalized spacial score (nSPS) is 10.3. The molecule has 0 atom stereocenters. The van der Waals surface area contributed by atoms with Gasteiger partial charge in [-0.2, -0.15) is 0 Å². The lowest BCUT2D eigenvalue weighted by Crippen LogP contribution is -1.86. The predicted octanol–water partition coefficient (Wildman–Crippen LogP) is 5.98. The minimum Gasteiger partial charge on any atom is -0.497 e. The van der Waals surface area contributed by atoms with E-state index >= 15 is 0 Å². The van der Waals surface area contributed by atoms with Gasteiger partial charge >= 0.3 is 0 Å². The molecule has 120 valence electrons. The van der Waals surface area contributed by atoms with Crippen molar-refractivity contribution in [3.05, 3.63) is 89.3 Å². The lowest BCUT2D eigenvalue weighted by atomic mass is 10.00. The highest BCUT2D eigenvalue weighted by Gasteiger charge is 2.03. The van der Waals surface area contributed by atoms with Gasteiger partial charge in [0.15, 0.2) is 0 Å². The summed E-state index contributed by atoms with van der Waals surface area (Å²) in [7, 11) is 1.68. The number of ether oxygens (including phenoxy) is 1. The molecular weight excluding hydrogens is 324 g/mol. The third-order valence-corrected chi connectivity index (χ3v) is 5.11. The molecule has 0 spiro atoms. The number of hydrogen-bond acceptors (Lipinski definition) is 2. The zero-order valence-electron chi connectivity index (χ0n) is 13.8. The Hall–Kier alpha value is -3.02. The molecule has 0 radical (unpaired) electrons. The molecule has 0 bridgehead atoms. The van der Waals surface area contributed by atoms with Crippen LogP contribution in [0.2, 0.25) is 0 Å². The molecule has 1 nitrogen and oxygen atoms in total. The quantitative estimate of drug-likeness (QED) is 0.408. The van der Waals surface area contributed by atoms with E-state index < -0.39 is 0 Å². The van der Waals surface area contributed by atoms with Crippen LogP contribution in [0.5, 0.6) is 5.75 Å². The van der Waals surface area contributed by atoms with Crippen LogP contribution in [-0.2, 0) is 0 Å². The summed E-state index contributed by atoms with van der Waals surface area (Å²) in [5.41, 5.74) is 3.31. The monoisotopic (exact) mass is 340 g/mol. The summed E-state index contributed by atoms with van der Waals surface area (Å²) < 4.78 is 6.52. The van der Waals surface area contributed by atoms with Crippen LogP contribution in [0.15, 0.2) is 78.9 Å². The van der Waals surface area contributed by atoms with Crippen LogP contribution in [0.4, 0.5) is 0 Å². The summed E-state index contributed by atoms with van der Waals surface area (Å²) in [6, 6.07) is 26.9. The molecule has 0 saturated carbocycles. The Labute approximate surface area is 151 Å². The maximum Gasteiger partial charge on any atom is 0.118 e. The molecule has 1 aromatic heterocycles. The van der Waals surface area contributed by atoms with E-state index in [0.29, 0.717) is 0 Å². The molecular formula is C23H16OS. The number of thiophene rings is 1. The zero-order valence-corrected chi connectivity index (χ0v) is 14.6. The summed E-state index contributed by atoms with van der Waals surface area (Å²) in [6.45, 7) is 0. The molecule has 25 heavy (non-hydrogen) atoms. The van der Waals surface area contributed by atoms with Crippen LogP contribution in [0.1, 0.15) is 10.4 Å². The van der Waals surface area contributed by atoms with Crippen molar-refractivity contribution in [2.45, 2.75) is 0 Å². The van der Waals surface area contributed by atoms with Crippen molar-refractivity contribution >= 4 is 21.4 Å². The number of fused-ring (bicyclic) bond motifs is 1. The molecule has 0 fully saturated rings. The number of hydrogen-bond donors (Lipinski definition) is 0. The first kappa shape index (κ1) is 15.5. The van der Waals surface area contributed by atoms with Crippen LogP contribution < -0.4 is 4.74 Å². The Bertz CT molecular complexity index is 1050. The van der Waals surface area contributed by atoms with Crippen LogP contribution in [0, 0.1) is 11.8 Å². The Morgan fingerprint density at radius 1 is 0.800 bits per heavy atom. The Morgan fingerprint density at radius 2 is 1.56 bits per heavy atom. The molecule has 2 heteroatoms. The molecule has 0 aliphatic heterocycles. The van der Waals surface area contributed by atoms with Crippen molar-refractivity contribution in [1.29, 1.82) is 0 Å². The van der Waals surface area contributed by atoms with Crippen LogP contribution in [-0.4, -0.2) is 7.11 Å². The van der Waals surface area contributed by atoms with E-state index in [1.165, 1.54) is 10.1 Å². The van der Waals surface area contributed by atoms with Crippen molar-refractivity contribution < 1.29 is 4.74 Å². The molecule has 4 aromatic rings. The number of benzene rings is 3. The van der Waals surface area contributed by atoms with Crippen LogP contribution in [0.3, 0.4) is 0 Å². The van der Waals surface area contributed by atoms with Gasteiger partial charge in [-0.1, -0.05) is 60.4 Å². The lowest BCUT2D eigenvalue weighted by Gasteiger charge is -2.06. The molecule has 0 N–H and O–H groups in total. The fraction of sp³-hybridized carbons (Fsp3) is 0.0435. The molecule has 1 heterocycles. The lowest BCUT2D eigenvalue weighted by molar-refractivity contribution is 0.415. The van der Waals surface area contributed by atoms with E-state index in [-0.39, 0.29) is 0 Å². The maximum atomic E-state index is 5.24. The Morgan fingerprint density at radius 3 is 2.36 bits per heavy atom. The predicted molar refractivity (Wildman–Crippen MR) is 106 cm³/mol. The van der Waals surface area contributed by atoms with E-state index in [4.69, 9.17) is 4.74 Å². The smallest absolute Gasteiger partial charge is 0.118 e. The fourth-order valence-corrected chi connectivity index (χ4v) is 3.70. The largest absolute Gasteiger partial charge is 0.497 e. The second-order valence-corrected chi connectivity index (χ2v) is 6.76. The minimum absolute atomic E-state index is 0.859. The van der Waals surface area contributed by atoms with Crippen molar-refractivity contribution in [1.82, 2.24) is 0 Å². The second-order valence-electron chi connectivity index (χ2n) is 5.67. The van der Waals surface area contributed by atoms with Gasteiger partial charge in [-0.25, -0.2) is 0 Å². The average molecular weight is 340 g/mol. The molecule has 0 aliphatic carbocycles. The van der Waals surface area contributed by atoms with Crippen molar-refractivity contribution in [2.75, 3.05) is 7.11 Å². The van der Waals surface area contributed by atoms with Gasteiger partial charge in [0.05, 0.1) is 12.0 Å². The first-order valence-electron chi connectivity index (χ1n) is 8.07. The van der Waals surface area contributed by atoms with E-state index in [1.807, 2.05) is 24.3 Å². The summed E-state index contributed by atoms with van der Waals surface area (Å²) in [4.78, 5) is 1.09. The standard InChI is InChI=1S/C23H16OS/c1-24-20-13-10-18(11-14-20)22-8-4-2-6-17(22)12-15-21-16-19-7-3-5-9-23(19)25-21/h2-11,13-14,16H,1H3. The van der Waals surface area contributed by atoms with E-state index in [9.17, 15) is 0 Å². The highest BCUT2D eigenvalue weighted by atomic mass is 32.1. The molecule has 0 saturated heterocycles. The molecule has 4 rings (SSSR count). The summed E-state index contributed by atoms with van der Waals surface area (Å²) >= 11 is 1.73. The summed E-state index contributed by atoms with van der Waals surface area (Å²) in [5, 5.41) is 1.25. The van der Waals surface area contributed by atoms with Crippen LogP contribution >= 0.6 is 11.3 Å². The molecule has 0 aliphatic rings. The average Bonchev–Trinajstić information content (AvgIpc) is 3.10. The topological polar surface area (TPSA) is 9.23 Å². The molecule has 0 unspecified atom stereocenters.